The number of esters is 2. The summed E-state index contributed by atoms with van der Waals surface area (Å²) in [6, 6.07) is 8.84. The van der Waals surface area contributed by atoms with E-state index in [-0.39, 0.29) is 17.7 Å². The highest BCUT2D eigenvalue weighted by Crippen LogP contribution is 2.41. The van der Waals surface area contributed by atoms with Crippen molar-refractivity contribution in [3.63, 3.8) is 0 Å². The Bertz CT molecular complexity index is 1420. The van der Waals surface area contributed by atoms with Crippen LogP contribution in [0.3, 0.4) is 0 Å². The molecule has 42 heavy (non-hydrogen) atoms. The maximum absolute atomic E-state index is 13.1. The maximum atomic E-state index is 13.1. The number of anilines is 2. The van der Waals surface area contributed by atoms with Gasteiger partial charge in [0, 0.05) is 31.8 Å². The monoisotopic (exact) mass is 586 g/mol. The van der Waals surface area contributed by atoms with Gasteiger partial charge in [0.05, 0.1) is 22.9 Å². The van der Waals surface area contributed by atoms with Crippen LogP contribution in [0.1, 0.15) is 63.3 Å². The first-order chi connectivity index (χ1) is 19.7. The van der Waals surface area contributed by atoms with Gasteiger partial charge in [0.1, 0.15) is 17.2 Å². The molecular formula is C30H33F3N4O5. The molecule has 4 rings (SSSR count). The lowest BCUT2D eigenvalue weighted by molar-refractivity contribution is -0.187. The quantitative estimate of drug-likeness (QED) is 0.239. The number of nitrogens with one attached hydrogen (secondary N) is 1. The molecule has 0 radical (unpaired) electrons. The van der Waals surface area contributed by atoms with Gasteiger partial charge >= 0.3 is 18.1 Å². The topological polar surface area (TPSA) is 124 Å². The molecule has 3 heterocycles. The highest BCUT2D eigenvalue weighted by atomic mass is 19.4. The molecule has 3 aromatic heterocycles. The molecule has 2 N–H and O–H groups in total. The smallest absolute Gasteiger partial charge is 0.416 e. The SMILES string of the molecule is CC(=O)OC(C)OC(=O)C1CCC([C@@](C)(O)c2ccc(-c3cc(C)cc(Nc4cc(C(F)(F)F)ccn4)n3)cn2)CC1. The van der Waals surface area contributed by atoms with Gasteiger partial charge in [0.15, 0.2) is 0 Å². The number of carbonyl (C=O) groups excluding carboxylic acids is 2. The Morgan fingerprint density at radius 3 is 2.36 bits per heavy atom. The zero-order valence-corrected chi connectivity index (χ0v) is 23.7. The molecule has 224 valence electrons. The fraction of sp³-hybridized carbons (Fsp3) is 0.433. The molecule has 0 bridgehead atoms. The Hall–Kier alpha value is -4.06. The van der Waals surface area contributed by atoms with Crippen LogP contribution in [0.2, 0.25) is 0 Å². The molecule has 9 nitrogen and oxygen atoms in total. The first kappa shape index (κ1) is 30.9. The Kier molecular flexibility index (Phi) is 9.15. The van der Waals surface area contributed by atoms with Crippen LogP contribution in [0.5, 0.6) is 0 Å². The maximum Gasteiger partial charge on any atom is 0.416 e. The lowest BCUT2D eigenvalue weighted by Crippen LogP contribution is -2.37. The molecule has 0 aliphatic heterocycles. The van der Waals surface area contributed by atoms with Crippen molar-refractivity contribution in [1.29, 1.82) is 0 Å². The molecule has 1 unspecified atom stereocenters. The van der Waals surface area contributed by atoms with Gasteiger partial charge in [-0.05, 0) is 87.4 Å². The van der Waals surface area contributed by atoms with Crippen molar-refractivity contribution in [3.8, 4) is 11.3 Å². The van der Waals surface area contributed by atoms with Crippen LogP contribution in [0.25, 0.3) is 11.3 Å². The van der Waals surface area contributed by atoms with Gasteiger partial charge in [0.2, 0.25) is 6.29 Å². The number of aryl methyl sites for hydroxylation is 1. The van der Waals surface area contributed by atoms with Crippen molar-refractivity contribution in [2.24, 2.45) is 11.8 Å². The van der Waals surface area contributed by atoms with Gasteiger partial charge in [-0.2, -0.15) is 13.2 Å². The molecule has 1 aliphatic carbocycles. The molecule has 1 saturated carbocycles. The summed E-state index contributed by atoms with van der Waals surface area (Å²) in [5.41, 5.74) is 0.433. The molecule has 0 spiro atoms. The third-order valence-corrected chi connectivity index (χ3v) is 7.36. The third kappa shape index (κ3) is 7.61. The molecule has 12 heteroatoms. The van der Waals surface area contributed by atoms with E-state index in [0.717, 1.165) is 23.9 Å². The molecule has 0 saturated heterocycles. The minimum Gasteiger partial charge on any atom is -0.426 e. The molecule has 1 fully saturated rings. The van der Waals surface area contributed by atoms with Crippen molar-refractivity contribution in [2.45, 2.75) is 71.4 Å². The zero-order valence-electron chi connectivity index (χ0n) is 23.7. The predicted octanol–water partition coefficient (Wildman–Crippen LogP) is 6.08. The number of ether oxygens (including phenoxy) is 2. The van der Waals surface area contributed by atoms with Crippen LogP contribution in [0.15, 0.2) is 48.8 Å². The second kappa shape index (κ2) is 12.4. The summed E-state index contributed by atoms with van der Waals surface area (Å²) in [4.78, 5) is 36.5. The third-order valence-electron chi connectivity index (χ3n) is 7.36. The summed E-state index contributed by atoms with van der Waals surface area (Å²) in [6.45, 7) is 6.27. The molecule has 3 aromatic rings. The minimum atomic E-state index is -4.49. The number of alkyl halides is 3. The summed E-state index contributed by atoms with van der Waals surface area (Å²) in [7, 11) is 0. The van der Waals surface area contributed by atoms with Gasteiger partial charge in [-0.3, -0.25) is 14.6 Å². The van der Waals surface area contributed by atoms with E-state index in [0.29, 0.717) is 48.5 Å². The largest absolute Gasteiger partial charge is 0.426 e. The van der Waals surface area contributed by atoms with Gasteiger partial charge in [-0.15, -0.1) is 0 Å². The molecule has 1 aliphatic rings. The van der Waals surface area contributed by atoms with E-state index >= 15 is 0 Å². The highest BCUT2D eigenvalue weighted by Gasteiger charge is 2.39. The van der Waals surface area contributed by atoms with E-state index < -0.39 is 35.6 Å². The van der Waals surface area contributed by atoms with Crippen LogP contribution in [0.4, 0.5) is 24.8 Å². The summed E-state index contributed by atoms with van der Waals surface area (Å²) >= 11 is 0. The second-order valence-corrected chi connectivity index (χ2v) is 10.7. The highest BCUT2D eigenvalue weighted by molar-refractivity contribution is 5.73. The van der Waals surface area contributed by atoms with Crippen LogP contribution in [-0.2, 0) is 30.8 Å². The van der Waals surface area contributed by atoms with Crippen LogP contribution >= 0.6 is 0 Å². The lowest BCUT2D eigenvalue weighted by Gasteiger charge is -2.37. The minimum absolute atomic E-state index is 0.0142. The fourth-order valence-electron chi connectivity index (χ4n) is 5.15. The average Bonchev–Trinajstić information content (AvgIpc) is 2.92. The Morgan fingerprint density at radius 2 is 1.74 bits per heavy atom. The first-order valence-electron chi connectivity index (χ1n) is 13.6. The summed E-state index contributed by atoms with van der Waals surface area (Å²) in [6.07, 6.45) is -0.562. The van der Waals surface area contributed by atoms with Gasteiger partial charge in [-0.25, -0.2) is 9.97 Å². The standard InChI is InChI=1S/C30H33F3N4O5/c1-17-13-24(36-27(14-17)37-26-15-23(11-12-34-26)30(31,32)33)21-7-10-25(35-16-21)29(4,40)22-8-5-20(6-9-22)28(39)42-19(3)41-18(2)38/h7,10-16,19-20,22,40H,5-6,8-9H2,1-4H3,(H,34,36,37)/t19?,20?,22?,29-/m1/s1. The van der Waals surface area contributed by atoms with Crippen LogP contribution in [0, 0.1) is 18.8 Å². The van der Waals surface area contributed by atoms with Gasteiger partial charge < -0.3 is 19.9 Å². The average molecular weight is 587 g/mol. The number of halogens is 3. The van der Waals surface area contributed by atoms with E-state index in [1.807, 2.05) is 13.0 Å². The van der Waals surface area contributed by atoms with Crippen molar-refractivity contribution in [2.75, 3.05) is 5.32 Å². The number of carbonyl (C=O) groups is 2. The summed E-state index contributed by atoms with van der Waals surface area (Å²) in [5, 5.41) is 14.3. The lowest BCUT2D eigenvalue weighted by atomic mass is 9.73. The molecule has 0 aromatic carbocycles. The first-order valence-corrected chi connectivity index (χ1v) is 13.6. The number of rotatable bonds is 8. The number of hydrogen-bond donors (Lipinski definition) is 2. The van der Waals surface area contributed by atoms with Crippen molar-refractivity contribution < 1.29 is 37.3 Å². The number of aliphatic hydroxyl groups is 1. The number of nitrogens with zero attached hydrogens (tertiary/aromatic N) is 3. The zero-order chi connectivity index (χ0) is 30.7. The fourth-order valence-corrected chi connectivity index (χ4v) is 5.15. The van der Waals surface area contributed by atoms with E-state index in [9.17, 15) is 27.9 Å². The predicted molar refractivity (Wildman–Crippen MR) is 147 cm³/mol. The molecule has 0 amide bonds. The summed E-state index contributed by atoms with van der Waals surface area (Å²) in [5.74, 6) is -1.10. The van der Waals surface area contributed by atoms with Gasteiger partial charge in [-0.1, -0.05) is 0 Å². The van der Waals surface area contributed by atoms with E-state index in [1.165, 1.54) is 13.8 Å². The Morgan fingerprint density at radius 1 is 1.02 bits per heavy atom. The van der Waals surface area contributed by atoms with E-state index in [4.69, 9.17) is 9.47 Å². The number of hydrogen-bond acceptors (Lipinski definition) is 9. The summed E-state index contributed by atoms with van der Waals surface area (Å²) < 4.78 is 49.3. The van der Waals surface area contributed by atoms with Crippen molar-refractivity contribution in [1.82, 2.24) is 15.0 Å². The van der Waals surface area contributed by atoms with E-state index in [1.54, 1.807) is 31.3 Å². The van der Waals surface area contributed by atoms with Crippen LogP contribution < -0.4 is 5.32 Å². The number of pyridine rings is 3. The van der Waals surface area contributed by atoms with Crippen LogP contribution in [-0.4, -0.2) is 38.3 Å². The van der Waals surface area contributed by atoms with Crippen molar-refractivity contribution >= 4 is 23.6 Å². The van der Waals surface area contributed by atoms with Crippen molar-refractivity contribution in [3.05, 3.63) is 65.6 Å². The van der Waals surface area contributed by atoms with Gasteiger partial charge in [0.25, 0.3) is 0 Å². The Balaban J connectivity index is 1.42. The van der Waals surface area contributed by atoms with E-state index in [2.05, 4.69) is 20.3 Å². The normalized spacial score (nSPS) is 19.3. The Labute approximate surface area is 241 Å². The molecular weight excluding hydrogens is 553 g/mol. The molecule has 2 atom stereocenters. The number of aromatic nitrogens is 3. The second-order valence-electron chi connectivity index (χ2n) is 10.7.